The first kappa shape index (κ1) is 29.1. The first-order valence-electron chi connectivity index (χ1n) is 13.5. The van der Waals surface area contributed by atoms with Gasteiger partial charge in [-0.15, -0.1) is 0 Å². The minimum Gasteiger partial charge on any atom is -0.493 e. The van der Waals surface area contributed by atoms with Crippen molar-refractivity contribution in [2.24, 2.45) is 10.7 Å². The van der Waals surface area contributed by atoms with Crippen LogP contribution in [0, 0.1) is 11.6 Å². The summed E-state index contributed by atoms with van der Waals surface area (Å²) in [5.74, 6) is -1.49. The van der Waals surface area contributed by atoms with Crippen LogP contribution in [-0.4, -0.2) is 22.7 Å². The lowest BCUT2D eigenvalue weighted by molar-refractivity contribution is -0.138. The largest absolute Gasteiger partial charge is 0.493 e. The second-order valence-corrected chi connectivity index (χ2v) is 10.0. The van der Waals surface area contributed by atoms with Crippen molar-refractivity contribution in [2.45, 2.75) is 32.2 Å². The number of fused-ring (bicyclic) bond motifs is 2. The Kier molecular flexibility index (Phi) is 7.20. The maximum Gasteiger partial charge on any atom is 0.419 e. The van der Waals surface area contributed by atoms with Crippen LogP contribution in [0.25, 0.3) is 33.4 Å². The Labute approximate surface area is 246 Å². The molecule has 226 valence electrons. The van der Waals surface area contributed by atoms with E-state index in [1.54, 1.807) is 13.8 Å². The summed E-state index contributed by atoms with van der Waals surface area (Å²) in [7, 11) is 0. The van der Waals surface area contributed by atoms with Crippen LogP contribution < -0.4 is 21.2 Å². The van der Waals surface area contributed by atoms with Crippen molar-refractivity contribution >= 4 is 23.1 Å². The minimum absolute atomic E-state index is 0.0103. The minimum atomic E-state index is -4.72. The SMILES string of the molecule is CCOc1ccc(-c2nn(C(C)c3oc4cccc(F)c4c(=O)c3-c3cccc(F)c3)c3c2C(N)N=CN3)cc1C(F)(F)F. The third-order valence-electron chi connectivity index (χ3n) is 7.29. The molecule has 0 saturated carbocycles. The van der Waals surface area contributed by atoms with Crippen LogP contribution in [0.4, 0.5) is 27.8 Å². The lowest BCUT2D eigenvalue weighted by Gasteiger charge is -2.21. The molecule has 0 spiro atoms. The van der Waals surface area contributed by atoms with E-state index in [1.807, 2.05) is 0 Å². The molecule has 1 aliphatic rings. The van der Waals surface area contributed by atoms with Crippen LogP contribution in [0.3, 0.4) is 0 Å². The molecule has 1 aliphatic heterocycles. The Morgan fingerprint density at radius 1 is 1.09 bits per heavy atom. The predicted octanol–water partition coefficient (Wildman–Crippen LogP) is 7.04. The molecule has 6 rings (SSSR count). The summed E-state index contributed by atoms with van der Waals surface area (Å²) in [6, 6.07) is 11.8. The molecule has 0 fully saturated rings. The van der Waals surface area contributed by atoms with Crippen molar-refractivity contribution in [1.29, 1.82) is 0 Å². The fourth-order valence-corrected chi connectivity index (χ4v) is 5.34. The van der Waals surface area contributed by atoms with Gasteiger partial charge in [0.2, 0.25) is 5.43 Å². The number of alkyl halides is 3. The molecule has 3 heterocycles. The normalized spacial score (nSPS) is 15.2. The standard InChI is InChI=1S/C31H24F5N5O3/c1-3-43-21-11-10-17(13-19(21)31(34,35)36)26-25-29(37)38-14-39-30(25)41(40-26)15(2)28-23(16-6-4-7-18(32)12-16)27(42)24-20(33)8-5-9-22(24)44-28/h4-15,29H,3,37H2,1-2H3,(H,38,39). The second kappa shape index (κ2) is 10.9. The van der Waals surface area contributed by atoms with Crippen LogP contribution >= 0.6 is 0 Å². The molecule has 13 heteroatoms. The molecule has 3 aromatic carbocycles. The van der Waals surface area contributed by atoms with Crippen LogP contribution in [0.15, 0.2) is 74.9 Å². The zero-order valence-electron chi connectivity index (χ0n) is 23.2. The van der Waals surface area contributed by atoms with Gasteiger partial charge in [-0.2, -0.15) is 18.3 Å². The summed E-state index contributed by atoms with van der Waals surface area (Å²) in [5.41, 5.74) is 5.03. The van der Waals surface area contributed by atoms with E-state index in [-0.39, 0.29) is 62.9 Å². The van der Waals surface area contributed by atoms with Crippen LogP contribution in [0.1, 0.15) is 42.9 Å². The highest BCUT2D eigenvalue weighted by Crippen LogP contribution is 2.43. The van der Waals surface area contributed by atoms with Crippen LogP contribution in [0.5, 0.6) is 5.75 Å². The van der Waals surface area contributed by atoms with Crippen LogP contribution in [0.2, 0.25) is 0 Å². The molecular formula is C31H24F5N5O3. The van der Waals surface area contributed by atoms with Crippen molar-refractivity contribution in [3.05, 3.63) is 99.4 Å². The van der Waals surface area contributed by atoms with E-state index in [1.165, 1.54) is 53.5 Å². The van der Waals surface area contributed by atoms with Gasteiger partial charge in [-0.05, 0) is 61.9 Å². The van der Waals surface area contributed by atoms with E-state index in [0.717, 1.165) is 18.2 Å². The van der Waals surface area contributed by atoms with Gasteiger partial charge in [-0.1, -0.05) is 18.2 Å². The Balaban J connectivity index is 1.59. The average molecular weight is 610 g/mol. The molecule has 2 aromatic heterocycles. The van der Waals surface area contributed by atoms with Gasteiger partial charge in [0.25, 0.3) is 0 Å². The highest BCUT2D eigenvalue weighted by molar-refractivity contribution is 5.85. The second-order valence-electron chi connectivity index (χ2n) is 10.0. The molecule has 0 radical (unpaired) electrons. The van der Waals surface area contributed by atoms with E-state index < -0.39 is 41.0 Å². The number of nitrogens with one attached hydrogen (secondary N) is 1. The van der Waals surface area contributed by atoms with Crippen LogP contribution in [-0.2, 0) is 6.18 Å². The van der Waals surface area contributed by atoms with Gasteiger partial charge in [0.15, 0.2) is 0 Å². The quantitative estimate of drug-likeness (QED) is 0.200. The van der Waals surface area contributed by atoms with Gasteiger partial charge in [-0.3, -0.25) is 9.79 Å². The Morgan fingerprint density at radius 3 is 2.59 bits per heavy atom. The molecule has 0 saturated heterocycles. The third kappa shape index (κ3) is 4.88. The van der Waals surface area contributed by atoms with Gasteiger partial charge in [0.1, 0.15) is 57.8 Å². The zero-order chi connectivity index (χ0) is 31.3. The Hall–Kier alpha value is -5.04. The molecule has 2 atom stereocenters. The maximum absolute atomic E-state index is 14.9. The molecule has 44 heavy (non-hydrogen) atoms. The summed E-state index contributed by atoms with van der Waals surface area (Å²) in [5, 5.41) is 7.28. The summed E-state index contributed by atoms with van der Waals surface area (Å²) >= 11 is 0. The first-order valence-corrected chi connectivity index (χ1v) is 13.5. The summed E-state index contributed by atoms with van der Waals surface area (Å²) < 4.78 is 83.9. The lowest BCUT2D eigenvalue weighted by atomic mass is 9.98. The predicted molar refractivity (Wildman–Crippen MR) is 155 cm³/mol. The van der Waals surface area contributed by atoms with E-state index >= 15 is 0 Å². The fraction of sp³-hybridized carbons (Fsp3) is 0.194. The number of aliphatic imine (C=N–C) groups is 1. The van der Waals surface area contributed by atoms with E-state index in [0.29, 0.717) is 0 Å². The number of halogens is 5. The summed E-state index contributed by atoms with van der Waals surface area (Å²) in [6.07, 6.45) is -4.40. The molecule has 0 aliphatic carbocycles. The highest BCUT2D eigenvalue weighted by Gasteiger charge is 2.36. The van der Waals surface area contributed by atoms with E-state index in [4.69, 9.17) is 14.9 Å². The van der Waals surface area contributed by atoms with Crippen molar-refractivity contribution < 1.29 is 31.1 Å². The van der Waals surface area contributed by atoms with Gasteiger partial charge < -0.3 is 20.2 Å². The van der Waals surface area contributed by atoms with E-state index in [9.17, 15) is 26.7 Å². The number of nitrogens with zero attached hydrogens (tertiary/aromatic N) is 3. The first-order chi connectivity index (χ1) is 21.0. The Morgan fingerprint density at radius 2 is 1.86 bits per heavy atom. The van der Waals surface area contributed by atoms with Gasteiger partial charge >= 0.3 is 6.18 Å². The highest BCUT2D eigenvalue weighted by atomic mass is 19.4. The molecule has 0 bridgehead atoms. The number of rotatable bonds is 6. The smallest absolute Gasteiger partial charge is 0.419 e. The van der Waals surface area contributed by atoms with Crippen molar-refractivity contribution in [1.82, 2.24) is 9.78 Å². The van der Waals surface area contributed by atoms with Crippen molar-refractivity contribution in [3.63, 3.8) is 0 Å². The molecule has 3 N–H and O–H groups in total. The summed E-state index contributed by atoms with van der Waals surface area (Å²) in [4.78, 5) is 17.9. The number of hydrogen-bond donors (Lipinski definition) is 2. The number of hydrogen-bond acceptors (Lipinski definition) is 7. The number of aromatic nitrogens is 2. The van der Waals surface area contributed by atoms with E-state index in [2.05, 4.69) is 15.4 Å². The molecule has 5 aromatic rings. The zero-order valence-corrected chi connectivity index (χ0v) is 23.2. The average Bonchev–Trinajstić information content (AvgIpc) is 3.37. The molecule has 8 nitrogen and oxygen atoms in total. The van der Waals surface area contributed by atoms with Gasteiger partial charge in [-0.25, -0.2) is 13.5 Å². The number of ether oxygens (including phenoxy) is 1. The molecule has 0 amide bonds. The summed E-state index contributed by atoms with van der Waals surface area (Å²) in [6.45, 7) is 3.23. The van der Waals surface area contributed by atoms with Crippen molar-refractivity contribution in [2.75, 3.05) is 11.9 Å². The maximum atomic E-state index is 14.9. The Bertz CT molecular complexity index is 2000. The lowest BCUT2D eigenvalue weighted by Crippen LogP contribution is -2.21. The third-order valence-corrected chi connectivity index (χ3v) is 7.29. The topological polar surface area (TPSA) is 108 Å². The van der Waals surface area contributed by atoms with Gasteiger partial charge in [0, 0.05) is 5.56 Å². The van der Waals surface area contributed by atoms with Crippen molar-refractivity contribution in [3.8, 4) is 28.1 Å². The molecular weight excluding hydrogens is 585 g/mol. The number of benzene rings is 3. The number of nitrogens with two attached hydrogens (primary N) is 1. The number of anilines is 1. The van der Waals surface area contributed by atoms with Gasteiger partial charge in [0.05, 0.1) is 29.6 Å². The molecule has 2 unspecified atom stereocenters. The monoisotopic (exact) mass is 609 g/mol. The fourth-order valence-electron chi connectivity index (χ4n) is 5.34.